The average molecular weight is 349 g/mol. The fourth-order valence-corrected chi connectivity index (χ4v) is 4.04. The molecule has 0 aliphatic carbocycles. The Morgan fingerprint density at radius 1 is 1.22 bits per heavy atom. The smallest absolute Gasteiger partial charge is 0.263 e. The van der Waals surface area contributed by atoms with Gasteiger partial charge in [0.25, 0.3) is 10.0 Å². The molecule has 3 aromatic rings. The first-order valence-electron chi connectivity index (χ1n) is 6.98. The third kappa shape index (κ3) is 3.43. The molecular formula is C15H15N3O3S2. The summed E-state index contributed by atoms with van der Waals surface area (Å²) in [5, 5.41) is 2.21. The molecule has 0 fully saturated rings. The summed E-state index contributed by atoms with van der Waals surface area (Å²) >= 11 is 1.27. The summed E-state index contributed by atoms with van der Waals surface area (Å²) in [4.78, 5) is 8.60. The molecule has 0 atom stereocenters. The van der Waals surface area contributed by atoms with Gasteiger partial charge in [0.15, 0.2) is 11.0 Å². The van der Waals surface area contributed by atoms with Crippen molar-refractivity contribution < 1.29 is 12.8 Å². The van der Waals surface area contributed by atoms with Crippen LogP contribution in [0.25, 0.3) is 11.3 Å². The second kappa shape index (κ2) is 6.13. The Labute approximate surface area is 138 Å². The lowest BCUT2D eigenvalue weighted by atomic mass is 10.2. The van der Waals surface area contributed by atoms with E-state index in [1.54, 1.807) is 25.3 Å². The summed E-state index contributed by atoms with van der Waals surface area (Å²) in [5.41, 5.74) is 2.33. The lowest BCUT2D eigenvalue weighted by molar-refractivity contribution is 0.521. The van der Waals surface area contributed by atoms with Crippen molar-refractivity contribution in [3.8, 4) is 11.3 Å². The highest BCUT2D eigenvalue weighted by molar-refractivity contribution is 7.93. The maximum absolute atomic E-state index is 12.4. The van der Waals surface area contributed by atoms with Gasteiger partial charge < -0.3 is 4.42 Å². The van der Waals surface area contributed by atoms with Crippen LogP contribution in [-0.2, 0) is 16.4 Å². The van der Waals surface area contributed by atoms with Crippen molar-refractivity contribution in [2.24, 2.45) is 0 Å². The minimum Gasteiger partial charge on any atom is -0.449 e. The van der Waals surface area contributed by atoms with Gasteiger partial charge in [0.1, 0.15) is 12.0 Å². The summed E-state index contributed by atoms with van der Waals surface area (Å²) in [6, 6.07) is 6.47. The molecule has 0 saturated carbocycles. The van der Waals surface area contributed by atoms with Gasteiger partial charge in [-0.15, -0.1) is 11.3 Å². The fraction of sp³-hybridized carbons (Fsp3) is 0.200. The molecule has 1 aromatic carbocycles. The number of oxazole rings is 1. The van der Waals surface area contributed by atoms with E-state index in [0.717, 1.165) is 17.7 Å². The maximum atomic E-state index is 12.4. The van der Waals surface area contributed by atoms with E-state index in [0.29, 0.717) is 16.7 Å². The van der Waals surface area contributed by atoms with Gasteiger partial charge in [-0.25, -0.2) is 18.4 Å². The van der Waals surface area contributed by atoms with Gasteiger partial charge in [0.05, 0.1) is 10.6 Å². The summed E-state index contributed by atoms with van der Waals surface area (Å²) in [5.74, 6) is 0.564. The highest BCUT2D eigenvalue weighted by Crippen LogP contribution is 2.23. The SMILES string of the molecule is CCc1csc(NS(=O)(=O)c2ccc(-c3coc(C)n3)cc2)n1. The van der Waals surface area contributed by atoms with E-state index >= 15 is 0 Å². The van der Waals surface area contributed by atoms with Gasteiger partial charge in [0, 0.05) is 17.9 Å². The van der Waals surface area contributed by atoms with Crippen molar-refractivity contribution >= 4 is 26.5 Å². The van der Waals surface area contributed by atoms with E-state index in [1.165, 1.54) is 23.5 Å². The van der Waals surface area contributed by atoms with Gasteiger partial charge in [-0.2, -0.15) is 0 Å². The van der Waals surface area contributed by atoms with Gasteiger partial charge in [-0.3, -0.25) is 4.72 Å². The Kier molecular flexibility index (Phi) is 4.18. The predicted octanol–water partition coefficient (Wildman–Crippen LogP) is 3.47. The number of aromatic nitrogens is 2. The van der Waals surface area contributed by atoms with Crippen molar-refractivity contribution in [3.63, 3.8) is 0 Å². The standard InChI is InChI=1S/C15H15N3O3S2/c1-3-12-9-22-15(17-12)18-23(19,20)13-6-4-11(5-7-13)14-8-21-10(2)16-14/h4-9H,3H2,1-2H3,(H,17,18). The van der Waals surface area contributed by atoms with Crippen molar-refractivity contribution in [1.82, 2.24) is 9.97 Å². The van der Waals surface area contributed by atoms with Crippen LogP contribution in [0, 0.1) is 6.92 Å². The van der Waals surface area contributed by atoms with Crippen molar-refractivity contribution in [2.75, 3.05) is 4.72 Å². The van der Waals surface area contributed by atoms with E-state index in [-0.39, 0.29) is 4.90 Å². The molecule has 0 unspecified atom stereocenters. The molecule has 23 heavy (non-hydrogen) atoms. The van der Waals surface area contributed by atoms with Crippen LogP contribution in [0.15, 0.2) is 45.2 Å². The first kappa shape index (κ1) is 15.7. The number of nitrogens with one attached hydrogen (secondary N) is 1. The normalized spacial score (nSPS) is 11.6. The Hall–Kier alpha value is -2.19. The van der Waals surface area contributed by atoms with Crippen molar-refractivity contribution in [1.29, 1.82) is 0 Å². The van der Waals surface area contributed by atoms with E-state index in [4.69, 9.17) is 4.42 Å². The van der Waals surface area contributed by atoms with Crippen molar-refractivity contribution in [2.45, 2.75) is 25.2 Å². The molecule has 0 bridgehead atoms. The molecule has 2 heterocycles. The minimum atomic E-state index is -3.65. The number of hydrogen-bond donors (Lipinski definition) is 1. The first-order valence-corrected chi connectivity index (χ1v) is 9.34. The topological polar surface area (TPSA) is 85.1 Å². The average Bonchev–Trinajstić information content (AvgIpc) is 3.16. The number of aryl methyl sites for hydroxylation is 2. The monoisotopic (exact) mass is 349 g/mol. The minimum absolute atomic E-state index is 0.176. The molecule has 0 aliphatic rings. The van der Waals surface area contributed by atoms with E-state index in [2.05, 4.69) is 14.7 Å². The van der Waals surface area contributed by atoms with Gasteiger partial charge in [0.2, 0.25) is 0 Å². The summed E-state index contributed by atoms with van der Waals surface area (Å²) in [7, 11) is -3.65. The molecular weight excluding hydrogens is 334 g/mol. The molecule has 8 heteroatoms. The van der Waals surface area contributed by atoms with Crippen LogP contribution in [-0.4, -0.2) is 18.4 Å². The number of sulfonamides is 1. The molecule has 6 nitrogen and oxygen atoms in total. The van der Waals surface area contributed by atoms with Gasteiger partial charge in [-0.1, -0.05) is 19.1 Å². The Balaban J connectivity index is 1.82. The molecule has 0 radical (unpaired) electrons. The maximum Gasteiger partial charge on any atom is 0.263 e. The quantitative estimate of drug-likeness (QED) is 0.762. The molecule has 120 valence electrons. The van der Waals surface area contributed by atoms with Crippen molar-refractivity contribution in [3.05, 3.63) is 47.5 Å². The predicted molar refractivity (Wildman–Crippen MR) is 89.0 cm³/mol. The largest absolute Gasteiger partial charge is 0.449 e. The zero-order valence-electron chi connectivity index (χ0n) is 12.6. The van der Waals surface area contributed by atoms with Crippen LogP contribution in [0.5, 0.6) is 0 Å². The third-order valence-electron chi connectivity index (χ3n) is 3.22. The second-order valence-corrected chi connectivity index (χ2v) is 7.42. The second-order valence-electron chi connectivity index (χ2n) is 4.88. The molecule has 0 amide bonds. The van der Waals surface area contributed by atoms with Crippen LogP contribution >= 0.6 is 11.3 Å². The van der Waals surface area contributed by atoms with E-state index in [1.807, 2.05) is 12.3 Å². The molecule has 2 aromatic heterocycles. The first-order chi connectivity index (χ1) is 11.0. The summed E-state index contributed by atoms with van der Waals surface area (Å²) < 4.78 is 32.4. The Morgan fingerprint density at radius 3 is 2.52 bits per heavy atom. The molecule has 1 N–H and O–H groups in total. The van der Waals surface area contributed by atoms with Crippen LogP contribution in [0.4, 0.5) is 5.13 Å². The van der Waals surface area contributed by atoms with Crippen LogP contribution < -0.4 is 4.72 Å². The summed E-state index contributed by atoms with van der Waals surface area (Å²) in [6.45, 7) is 3.72. The van der Waals surface area contributed by atoms with Crippen LogP contribution in [0.2, 0.25) is 0 Å². The molecule has 0 saturated heterocycles. The highest BCUT2D eigenvalue weighted by atomic mass is 32.2. The highest BCUT2D eigenvalue weighted by Gasteiger charge is 2.16. The summed E-state index contributed by atoms with van der Waals surface area (Å²) in [6.07, 6.45) is 2.31. The Morgan fingerprint density at radius 2 is 1.96 bits per heavy atom. The number of benzene rings is 1. The van der Waals surface area contributed by atoms with Gasteiger partial charge in [-0.05, 0) is 18.6 Å². The lowest BCUT2D eigenvalue weighted by Gasteiger charge is -2.05. The van der Waals surface area contributed by atoms with E-state index in [9.17, 15) is 8.42 Å². The third-order valence-corrected chi connectivity index (χ3v) is 5.51. The van der Waals surface area contributed by atoms with Gasteiger partial charge >= 0.3 is 0 Å². The molecule has 0 aliphatic heterocycles. The molecule has 0 spiro atoms. The number of nitrogens with zero attached hydrogens (tertiary/aromatic N) is 2. The number of hydrogen-bond acceptors (Lipinski definition) is 6. The van der Waals surface area contributed by atoms with Crippen LogP contribution in [0.3, 0.4) is 0 Å². The Bertz CT molecular complexity index is 912. The number of rotatable bonds is 5. The zero-order valence-corrected chi connectivity index (χ0v) is 14.2. The van der Waals surface area contributed by atoms with Crippen LogP contribution in [0.1, 0.15) is 18.5 Å². The zero-order chi connectivity index (χ0) is 16.4. The number of thiazole rings is 1. The molecule has 3 rings (SSSR count). The number of anilines is 1. The fourth-order valence-electron chi connectivity index (χ4n) is 1.99. The lowest BCUT2D eigenvalue weighted by Crippen LogP contribution is -2.12. The van der Waals surface area contributed by atoms with E-state index < -0.39 is 10.0 Å².